The van der Waals surface area contributed by atoms with Gasteiger partial charge in [-0.05, 0) is 72.3 Å². The average molecular weight is 507 g/mol. The molecule has 0 unspecified atom stereocenters. The lowest BCUT2D eigenvalue weighted by atomic mass is 10.1. The highest BCUT2D eigenvalue weighted by Gasteiger charge is 2.14. The number of rotatable bonds is 7. The van der Waals surface area contributed by atoms with Gasteiger partial charge in [0.25, 0.3) is 5.91 Å². The van der Waals surface area contributed by atoms with E-state index in [9.17, 15) is 14.9 Å². The predicted octanol–water partition coefficient (Wildman–Crippen LogP) is 5.23. The van der Waals surface area contributed by atoms with Gasteiger partial charge in [0.05, 0.1) is 19.8 Å². The molecule has 0 radical (unpaired) electrons. The lowest BCUT2D eigenvalue weighted by molar-refractivity contribution is -0.112. The number of halogens is 1. The lowest BCUT2D eigenvalue weighted by Crippen LogP contribution is -2.13. The fourth-order valence-electron chi connectivity index (χ4n) is 2.79. The summed E-state index contributed by atoms with van der Waals surface area (Å²) in [6.07, 6.45) is 1.42. The second-order valence-corrected chi connectivity index (χ2v) is 7.57. The van der Waals surface area contributed by atoms with E-state index in [2.05, 4.69) is 21.2 Å². The summed E-state index contributed by atoms with van der Waals surface area (Å²) >= 11 is 3.33. The van der Waals surface area contributed by atoms with Crippen molar-refractivity contribution in [1.82, 2.24) is 0 Å². The molecule has 0 aromatic heterocycles. The van der Waals surface area contributed by atoms with Crippen molar-refractivity contribution in [2.24, 2.45) is 0 Å². The monoisotopic (exact) mass is 506 g/mol. The van der Waals surface area contributed by atoms with Crippen LogP contribution in [-0.2, 0) is 4.79 Å². The number of carbonyl (C=O) groups is 2. The van der Waals surface area contributed by atoms with Gasteiger partial charge in [-0.25, -0.2) is 4.79 Å². The first-order valence-corrected chi connectivity index (χ1v) is 10.5. The zero-order valence-corrected chi connectivity index (χ0v) is 19.4. The van der Waals surface area contributed by atoms with E-state index in [4.69, 9.17) is 14.2 Å². The van der Waals surface area contributed by atoms with E-state index in [1.807, 2.05) is 6.07 Å². The van der Waals surface area contributed by atoms with Crippen LogP contribution in [0.1, 0.15) is 15.9 Å². The average Bonchev–Trinajstić information content (AvgIpc) is 2.84. The minimum Gasteiger partial charge on any atom is -0.497 e. The minimum atomic E-state index is -0.564. The third kappa shape index (κ3) is 6.21. The van der Waals surface area contributed by atoms with Crippen molar-refractivity contribution in [1.29, 1.82) is 5.26 Å². The van der Waals surface area contributed by atoms with Crippen LogP contribution < -0.4 is 19.5 Å². The van der Waals surface area contributed by atoms with Gasteiger partial charge in [-0.1, -0.05) is 22.0 Å². The number of nitrogens with zero attached hydrogens (tertiary/aromatic N) is 1. The Balaban J connectivity index is 1.77. The van der Waals surface area contributed by atoms with Gasteiger partial charge in [-0.15, -0.1) is 0 Å². The molecule has 0 spiro atoms. The molecule has 0 atom stereocenters. The highest BCUT2D eigenvalue weighted by atomic mass is 79.9. The zero-order valence-electron chi connectivity index (χ0n) is 17.8. The number of anilines is 1. The number of methoxy groups -OCH3 is 2. The lowest BCUT2D eigenvalue weighted by Gasteiger charge is -2.10. The molecule has 8 heteroatoms. The van der Waals surface area contributed by atoms with E-state index < -0.39 is 11.9 Å². The first-order chi connectivity index (χ1) is 15.9. The topological polar surface area (TPSA) is 97.7 Å². The van der Waals surface area contributed by atoms with Crippen LogP contribution in [0.2, 0.25) is 0 Å². The number of ether oxygens (including phenoxy) is 3. The van der Waals surface area contributed by atoms with Crippen LogP contribution in [0.3, 0.4) is 0 Å². The highest BCUT2D eigenvalue weighted by Crippen LogP contribution is 2.30. The van der Waals surface area contributed by atoms with E-state index in [0.29, 0.717) is 22.6 Å². The number of esters is 1. The quantitative estimate of drug-likeness (QED) is 0.204. The molecule has 0 saturated heterocycles. The van der Waals surface area contributed by atoms with Crippen LogP contribution in [0, 0.1) is 11.3 Å². The van der Waals surface area contributed by atoms with Gasteiger partial charge in [0.1, 0.15) is 17.4 Å². The maximum absolute atomic E-state index is 12.5. The maximum Gasteiger partial charge on any atom is 0.343 e. The fraction of sp³-hybridized carbons (Fsp3) is 0.0800. The van der Waals surface area contributed by atoms with Crippen molar-refractivity contribution in [3.63, 3.8) is 0 Å². The SMILES string of the molecule is COc1ccc(C(=O)Oc2ccc(/C=C(\C#N)C(=O)Nc3ccc(Br)cc3)cc2OC)cc1. The predicted molar refractivity (Wildman–Crippen MR) is 127 cm³/mol. The molecule has 166 valence electrons. The third-order valence-corrected chi connectivity index (χ3v) is 5.02. The molecule has 0 aliphatic carbocycles. The second kappa shape index (κ2) is 11.0. The molecular formula is C25H19BrN2O5. The highest BCUT2D eigenvalue weighted by molar-refractivity contribution is 9.10. The summed E-state index contributed by atoms with van der Waals surface area (Å²) < 4.78 is 16.7. The van der Waals surface area contributed by atoms with Gasteiger partial charge < -0.3 is 19.5 Å². The summed E-state index contributed by atoms with van der Waals surface area (Å²) in [5, 5.41) is 12.1. The van der Waals surface area contributed by atoms with Crippen LogP contribution >= 0.6 is 15.9 Å². The Morgan fingerprint density at radius 2 is 1.64 bits per heavy atom. The number of nitrogens with one attached hydrogen (secondary N) is 1. The minimum absolute atomic E-state index is 0.0945. The van der Waals surface area contributed by atoms with E-state index in [-0.39, 0.29) is 17.1 Å². The van der Waals surface area contributed by atoms with Gasteiger partial charge in [0, 0.05) is 10.2 Å². The smallest absolute Gasteiger partial charge is 0.343 e. The van der Waals surface area contributed by atoms with Crippen molar-refractivity contribution < 1.29 is 23.8 Å². The van der Waals surface area contributed by atoms with Crippen LogP contribution in [0.15, 0.2) is 76.8 Å². The zero-order chi connectivity index (χ0) is 23.8. The number of benzene rings is 3. The molecule has 7 nitrogen and oxygen atoms in total. The van der Waals surface area contributed by atoms with E-state index in [1.54, 1.807) is 60.7 Å². The third-order valence-electron chi connectivity index (χ3n) is 4.49. The van der Waals surface area contributed by atoms with Gasteiger partial charge in [0.15, 0.2) is 11.5 Å². The van der Waals surface area contributed by atoms with Crippen LogP contribution in [0.25, 0.3) is 6.08 Å². The van der Waals surface area contributed by atoms with Gasteiger partial charge in [-0.3, -0.25) is 4.79 Å². The summed E-state index contributed by atoms with van der Waals surface area (Å²) in [6.45, 7) is 0. The van der Waals surface area contributed by atoms with Gasteiger partial charge in [0.2, 0.25) is 0 Å². The Morgan fingerprint density at radius 3 is 2.24 bits per heavy atom. The number of hydrogen-bond acceptors (Lipinski definition) is 6. The molecule has 0 aliphatic heterocycles. The van der Waals surface area contributed by atoms with Gasteiger partial charge >= 0.3 is 5.97 Å². The standard InChI is InChI=1S/C25H19BrN2O5/c1-31-21-10-4-17(5-11-21)25(30)33-22-12-3-16(14-23(22)32-2)13-18(15-27)24(29)28-20-8-6-19(26)7-9-20/h3-14H,1-2H3,(H,28,29)/b18-13+. The van der Waals surface area contributed by atoms with Crippen LogP contribution in [-0.4, -0.2) is 26.1 Å². The number of nitriles is 1. The van der Waals surface area contributed by atoms with E-state index >= 15 is 0 Å². The number of carbonyl (C=O) groups excluding carboxylic acids is 2. The molecule has 3 rings (SSSR count). The summed E-state index contributed by atoms with van der Waals surface area (Å²) in [5.41, 5.74) is 1.34. The van der Waals surface area contributed by atoms with E-state index in [1.165, 1.54) is 26.4 Å². The Hall–Kier alpha value is -4.09. The first-order valence-electron chi connectivity index (χ1n) is 9.66. The molecule has 0 heterocycles. The molecule has 3 aromatic carbocycles. The molecule has 1 amide bonds. The molecule has 0 fully saturated rings. The first kappa shape index (κ1) is 23.6. The normalized spacial score (nSPS) is 10.7. The van der Waals surface area contributed by atoms with Crippen molar-refractivity contribution in [3.05, 3.63) is 87.9 Å². The molecule has 3 aromatic rings. The van der Waals surface area contributed by atoms with Crippen molar-refractivity contribution in [3.8, 4) is 23.3 Å². The Bertz CT molecular complexity index is 1230. The van der Waals surface area contributed by atoms with Crippen LogP contribution in [0.4, 0.5) is 5.69 Å². The van der Waals surface area contributed by atoms with Crippen molar-refractivity contribution in [2.45, 2.75) is 0 Å². The van der Waals surface area contributed by atoms with Crippen molar-refractivity contribution in [2.75, 3.05) is 19.5 Å². The summed E-state index contributed by atoms with van der Waals surface area (Å²) in [5.74, 6) is -0.0121. The largest absolute Gasteiger partial charge is 0.497 e. The molecule has 1 N–H and O–H groups in total. The molecule has 0 saturated carbocycles. The Morgan fingerprint density at radius 1 is 0.939 bits per heavy atom. The number of amides is 1. The summed E-state index contributed by atoms with van der Waals surface area (Å²) in [7, 11) is 2.97. The summed E-state index contributed by atoms with van der Waals surface area (Å²) in [6, 6.07) is 20.1. The Labute approximate surface area is 199 Å². The second-order valence-electron chi connectivity index (χ2n) is 6.66. The molecule has 0 aliphatic rings. The summed E-state index contributed by atoms with van der Waals surface area (Å²) in [4.78, 5) is 24.9. The van der Waals surface area contributed by atoms with Crippen molar-refractivity contribution >= 4 is 39.6 Å². The van der Waals surface area contributed by atoms with Crippen LogP contribution in [0.5, 0.6) is 17.2 Å². The fourth-order valence-corrected chi connectivity index (χ4v) is 3.06. The van der Waals surface area contributed by atoms with E-state index in [0.717, 1.165) is 4.47 Å². The number of hydrogen-bond donors (Lipinski definition) is 1. The van der Waals surface area contributed by atoms with Gasteiger partial charge in [-0.2, -0.15) is 5.26 Å². The molecule has 0 bridgehead atoms. The Kier molecular flexibility index (Phi) is 7.84. The maximum atomic E-state index is 12.5. The molecule has 33 heavy (non-hydrogen) atoms. The molecular weight excluding hydrogens is 488 g/mol.